The third kappa shape index (κ3) is 4.05. The lowest BCUT2D eigenvalue weighted by molar-refractivity contribution is -0.140. The molecule has 29 heavy (non-hydrogen) atoms. The first-order valence-corrected chi connectivity index (χ1v) is 9.65. The second kappa shape index (κ2) is 8.96. The molecule has 1 saturated heterocycles. The summed E-state index contributed by atoms with van der Waals surface area (Å²) < 4.78 is 14.7. The van der Waals surface area contributed by atoms with Crippen LogP contribution in [0.2, 0.25) is 0 Å². The van der Waals surface area contributed by atoms with E-state index in [9.17, 15) is 19.1 Å². The number of benzene rings is 1. The van der Waals surface area contributed by atoms with Gasteiger partial charge in [-0.25, -0.2) is 4.39 Å². The predicted octanol–water partition coefficient (Wildman–Crippen LogP) is 2.98. The van der Waals surface area contributed by atoms with E-state index < -0.39 is 23.5 Å². The van der Waals surface area contributed by atoms with E-state index in [1.54, 1.807) is 12.1 Å². The number of likely N-dealkylation sites (tertiary alicyclic amines) is 1. The molecule has 0 unspecified atom stereocenters. The van der Waals surface area contributed by atoms with Crippen molar-refractivity contribution >= 4 is 17.4 Å². The molecule has 1 amide bonds. The smallest absolute Gasteiger partial charge is 0.295 e. The number of aliphatic hydroxyl groups excluding tert-OH is 1. The Hall–Kier alpha value is -3.06. The van der Waals surface area contributed by atoms with Crippen molar-refractivity contribution in [3.05, 3.63) is 71.3 Å². The first-order valence-electron chi connectivity index (χ1n) is 9.65. The lowest BCUT2D eigenvalue weighted by Crippen LogP contribution is -2.38. The van der Waals surface area contributed by atoms with E-state index in [0.717, 1.165) is 13.1 Å². The van der Waals surface area contributed by atoms with Crippen molar-refractivity contribution in [1.29, 1.82) is 0 Å². The summed E-state index contributed by atoms with van der Waals surface area (Å²) in [6, 6.07) is 8.11. The number of halogens is 1. The summed E-state index contributed by atoms with van der Waals surface area (Å²) in [6.45, 7) is 6.40. The van der Waals surface area contributed by atoms with E-state index >= 15 is 0 Å². The lowest BCUT2D eigenvalue weighted by atomic mass is 9.95. The van der Waals surface area contributed by atoms with E-state index in [2.05, 4.69) is 9.88 Å². The maximum absolute atomic E-state index is 14.7. The van der Waals surface area contributed by atoms with Gasteiger partial charge < -0.3 is 14.9 Å². The first kappa shape index (κ1) is 20.7. The largest absolute Gasteiger partial charge is 0.507 e. The van der Waals surface area contributed by atoms with Crippen LogP contribution in [0.3, 0.4) is 0 Å². The number of pyridine rings is 1. The minimum atomic E-state index is -0.986. The van der Waals surface area contributed by atoms with E-state index in [1.165, 1.54) is 41.6 Å². The van der Waals surface area contributed by atoms with Crippen LogP contribution >= 0.6 is 0 Å². The predicted molar refractivity (Wildman–Crippen MR) is 107 cm³/mol. The second-order valence-corrected chi connectivity index (χ2v) is 6.78. The molecule has 2 aromatic rings. The summed E-state index contributed by atoms with van der Waals surface area (Å²) in [7, 11) is 0. The molecule has 6 nitrogen and oxygen atoms in total. The Bertz CT molecular complexity index is 926. The number of hydrogen-bond acceptors (Lipinski definition) is 5. The van der Waals surface area contributed by atoms with Gasteiger partial charge in [-0.15, -0.1) is 0 Å². The highest BCUT2D eigenvalue weighted by atomic mass is 19.1. The molecule has 0 bridgehead atoms. The van der Waals surface area contributed by atoms with Gasteiger partial charge in [0.05, 0.1) is 11.6 Å². The van der Waals surface area contributed by atoms with Crippen LogP contribution in [0.15, 0.2) is 54.4 Å². The average molecular weight is 397 g/mol. The second-order valence-electron chi connectivity index (χ2n) is 6.78. The number of nitrogens with zero attached hydrogens (tertiary/aromatic N) is 3. The third-order valence-electron chi connectivity index (χ3n) is 5.25. The van der Waals surface area contributed by atoms with Crippen LogP contribution in [0.5, 0.6) is 0 Å². The molecule has 152 valence electrons. The minimum absolute atomic E-state index is 0.106. The number of likely N-dealkylation sites (N-methyl/N-ethyl adjacent to an activating group) is 1. The molecule has 0 radical (unpaired) electrons. The van der Waals surface area contributed by atoms with Gasteiger partial charge in [0.2, 0.25) is 0 Å². The number of rotatable bonds is 7. The summed E-state index contributed by atoms with van der Waals surface area (Å²) in [4.78, 5) is 33.0. The summed E-state index contributed by atoms with van der Waals surface area (Å²) in [5.74, 6) is -2.41. The van der Waals surface area contributed by atoms with Gasteiger partial charge in [0.1, 0.15) is 11.6 Å². The SMILES string of the molecule is CCN(CC)CCN1C(=O)C(=O)/C(=C(\O)c2ccncc2)[C@@H]1c1ccccc1F. The molecule has 7 heteroatoms. The van der Waals surface area contributed by atoms with Crippen molar-refractivity contribution < 1.29 is 19.1 Å². The van der Waals surface area contributed by atoms with Crippen LogP contribution in [-0.4, -0.2) is 57.8 Å². The molecule has 1 aliphatic heterocycles. The molecule has 0 aliphatic carbocycles. The highest BCUT2D eigenvalue weighted by Gasteiger charge is 2.46. The Morgan fingerprint density at radius 1 is 1.14 bits per heavy atom. The molecule has 0 spiro atoms. The highest BCUT2D eigenvalue weighted by molar-refractivity contribution is 6.46. The van der Waals surface area contributed by atoms with Crippen LogP contribution in [0, 0.1) is 5.82 Å². The van der Waals surface area contributed by atoms with Crippen molar-refractivity contribution in [2.24, 2.45) is 0 Å². The van der Waals surface area contributed by atoms with Gasteiger partial charge in [0.25, 0.3) is 11.7 Å². The summed E-state index contributed by atoms with van der Waals surface area (Å²) in [5.41, 5.74) is 0.427. The van der Waals surface area contributed by atoms with Crippen LogP contribution in [0.1, 0.15) is 31.0 Å². The fraction of sp³-hybridized carbons (Fsp3) is 0.318. The monoisotopic (exact) mass is 397 g/mol. The molecule has 1 aromatic heterocycles. The topological polar surface area (TPSA) is 73.7 Å². The van der Waals surface area contributed by atoms with E-state index in [0.29, 0.717) is 12.1 Å². The first-order chi connectivity index (χ1) is 14.0. The Balaban J connectivity index is 2.11. The van der Waals surface area contributed by atoms with Crippen LogP contribution in [-0.2, 0) is 9.59 Å². The van der Waals surface area contributed by atoms with E-state index in [-0.39, 0.29) is 23.4 Å². The van der Waals surface area contributed by atoms with Gasteiger partial charge >= 0.3 is 0 Å². The van der Waals surface area contributed by atoms with Crippen LogP contribution < -0.4 is 0 Å². The molecular weight excluding hydrogens is 373 g/mol. The zero-order valence-corrected chi connectivity index (χ0v) is 16.5. The summed E-state index contributed by atoms with van der Waals surface area (Å²) in [6.07, 6.45) is 2.95. The van der Waals surface area contributed by atoms with E-state index in [1.807, 2.05) is 13.8 Å². The molecule has 2 heterocycles. The lowest BCUT2D eigenvalue weighted by Gasteiger charge is -2.28. The van der Waals surface area contributed by atoms with E-state index in [4.69, 9.17) is 0 Å². The Kier molecular flexibility index (Phi) is 6.39. The van der Waals surface area contributed by atoms with Gasteiger partial charge in [-0.2, -0.15) is 0 Å². The third-order valence-corrected chi connectivity index (χ3v) is 5.25. The maximum atomic E-state index is 14.7. The standard InChI is InChI=1S/C22H24FN3O3/c1-3-25(4-2)13-14-26-19(16-7-5-6-8-17(16)23)18(21(28)22(26)29)20(27)15-9-11-24-12-10-15/h5-12,19,27H,3-4,13-14H2,1-2H3/b20-18-/t19-/m0/s1. The molecule has 3 rings (SSSR count). The van der Waals surface area contributed by atoms with Crippen LogP contribution in [0.25, 0.3) is 5.76 Å². The number of hydrogen-bond donors (Lipinski definition) is 1. The molecule has 1 aliphatic rings. The van der Waals surface area contributed by atoms with Crippen LogP contribution in [0.4, 0.5) is 4.39 Å². The zero-order chi connectivity index (χ0) is 21.0. The molecular formula is C22H24FN3O3. The Morgan fingerprint density at radius 2 is 1.79 bits per heavy atom. The summed E-state index contributed by atoms with van der Waals surface area (Å²) in [5, 5.41) is 10.8. The van der Waals surface area contributed by atoms with Crippen molar-refractivity contribution in [3.63, 3.8) is 0 Å². The molecule has 1 atom stereocenters. The highest BCUT2D eigenvalue weighted by Crippen LogP contribution is 2.40. The number of ketones is 1. The number of carbonyl (C=O) groups is 2. The van der Waals surface area contributed by atoms with Crippen molar-refractivity contribution in [2.75, 3.05) is 26.2 Å². The normalized spacial score (nSPS) is 18.6. The maximum Gasteiger partial charge on any atom is 0.295 e. The number of aromatic nitrogens is 1. The number of amides is 1. The number of aliphatic hydroxyl groups is 1. The fourth-order valence-corrected chi connectivity index (χ4v) is 3.59. The van der Waals surface area contributed by atoms with Gasteiger partial charge in [-0.1, -0.05) is 32.0 Å². The van der Waals surface area contributed by atoms with Crippen molar-refractivity contribution in [3.8, 4) is 0 Å². The quantitative estimate of drug-likeness (QED) is 0.442. The average Bonchev–Trinajstić information content (AvgIpc) is 2.99. The fourth-order valence-electron chi connectivity index (χ4n) is 3.59. The molecule has 1 N–H and O–H groups in total. The van der Waals surface area contributed by atoms with Crippen molar-refractivity contribution in [2.45, 2.75) is 19.9 Å². The molecule has 0 saturated carbocycles. The minimum Gasteiger partial charge on any atom is -0.507 e. The summed E-state index contributed by atoms with van der Waals surface area (Å²) >= 11 is 0. The Morgan fingerprint density at radius 3 is 2.41 bits per heavy atom. The Labute approximate surface area is 169 Å². The zero-order valence-electron chi connectivity index (χ0n) is 16.5. The number of Topliss-reactive ketones (excluding diaryl/α,β-unsaturated/α-hetero) is 1. The van der Waals surface area contributed by atoms with Gasteiger partial charge in [-0.3, -0.25) is 14.6 Å². The number of carbonyl (C=O) groups excluding carboxylic acids is 2. The van der Waals surface area contributed by atoms with Gasteiger partial charge in [0, 0.05) is 36.6 Å². The van der Waals surface area contributed by atoms with Gasteiger partial charge in [-0.05, 0) is 31.3 Å². The van der Waals surface area contributed by atoms with Crippen molar-refractivity contribution in [1.82, 2.24) is 14.8 Å². The van der Waals surface area contributed by atoms with Gasteiger partial charge in [0.15, 0.2) is 0 Å². The molecule has 1 aromatic carbocycles. The molecule has 1 fully saturated rings.